The summed E-state index contributed by atoms with van der Waals surface area (Å²) in [5.74, 6) is 2.82. The molecule has 152 valence electrons. The Bertz CT molecular complexity index is 969. The van der Waals surface area contributed by atoms with E-state index in [-0.39, 0.29) is 5.97 Å². The molecule has 2 aromatic heterocycles. The summed E-state index contributed by atoms with van der Waals surface area (Å²) in [6.07, 6.45) is 2.20. The Morgan fingerprint density at radius 3 is 2.69 bits per heavy atom. The van der Waals surface area contributed by atoms with E-state index in [4.69, 9.17) is 13.9 Å². The second-order valence-electron chi connectivity index (χ2n) is 7.21. The first kappa shape index (κ1) is 19.7. The predicted octanol–water partition coefficient (Wildman–Crippen LogP) is 5.18. The average molecular weight is 412 g/mol. The van der Waals surface area contributed by atoms with E-state index in [1.165, 1.54) is 24.0 Å². The fraction of sp³-hybridized carbons (Fsp3) is 0.348. The molecule has 0 bridgehead atoms. The highest BCUT2D eigenvalue weighted by atomic mass is 32.1. The molecule has 0 unspecified atom stereocenters. The van der Waals surface area contributed by atoms with Gasteiger partial charge in [-0.05, 0) is 67.1 Å². The molecule has 3 aromatic rings. The molecule has 0 N–H and O–H groups in total. The lowest BCUT2D eigenvalue weighted by Crippen LogP contribution is -2.32. The Hall–Kier alpha value is -2.57. The van der Waals surface area contributed by atoms with E-state index in [0.29, 0.717) is 16.6 Å². The Labute approximate surface area is 174 Å². The van der Waals surface area contributed by atoms with Crippen molar-refractivity contribution in [2.24, 2.45) is 0 Å². The van der Waals surface area contributed by atoms with Gasteiger partial charge < -0.3 is 13.9 Å². The number of methoxy groups -OCH3 is 2. The van der Waals surface area contributed by atoms with Crippen molar-refractivity contribution >= 4 is 17.3 Å². The lowest BCUT2D eigenvalue weighted by atomic mass is 9.89. The number of furan rings is 1. The quantitative estimate of drug-likeness (QED) is 0.523. The van der Waals surface area contributed by atoms with Crippen molar-refractivity contribution in [3.05, 3.63) is 64.0 Å². The average Bonchev–Trinajstić information content (AvgIpc) is 3.43. The Morgan fingerprint density at radius 2 is 1.93 bits per heavy atom. The number of hydrogen-bond donors (Lipinski definition) is 0. The Morgan fingerprint density at radius 1 is 1.14 bits per heavy atom. The first-order chi connectivity index (χ1) is 14.2. The van der Waals surface area contributed by atoms with Crippen LogP contribution in [0.25, 0.3) is 11.3 Å². The van der Waals surface area contributed by atoms with Crippen LogP contribution in [-0.4, -0.2) is 38.2 Å². The molecule has 6 heteroatoms. The van der Waals surface area contributed by atoms with Crippen molar-refractivity contribution < 1.29 is 18.7 Å². The molecule has 0 radical (unpaired) electrons. The van der Waals surface area contributed by atoms with Crippen LogP contribution in [0.3, 0.4) is 0 Å². The van der Waals surface area contributed by atoms with Crippen molar-refractivity contribution in [1.82, 2.24) is 4.90 Å². The first-order valence-corrected chi connectivity index (χ1v) is 10.7. The molecule has 3 heterocycles. The molecule has 5 nitrogen and oxygen atoms in total. The summed E-state index contributed by atoms with van der Waals surface area (Å²) in [6, 6.07) is 14.2. The SMILES string of the molecule is COC(=O)c1sccc1-c1ccc(CN2CCC(c3ccccc3OC)CC2)o1. The number of thiophene rings is 1. The number of para-hydroxylation sites is 1. The summed E-state index contributed by atoms with van der Waals surface area (Å²) in [5.41, 5.74) is 2.10. The molecule has 0 spiro atoms. The minimum absolute atomic E-state index is 0.327. The molecular formula is C23H25NO4S. The first-order valence-electron chi connectivity index (χ1n) is 9.79. The molecule has 1 saturated heterocycles. The second kappa shape index (κ2) is 8.84. The van der Waals surface area contributed by atoms with Gasteiger partial charge >= 0.3 is 5.97 Å². The molecule has 0 aliphatic carbocycles. The number of rotatable bonds is 6. The summed E-state index contributed by atoms with van der Waals surface area (Å²) < 4.78 is 16.4. The monoisotopic (exact) mass is 411 g/mol. The van der Waals surface area contributed by atoms with Crippen molar-refractivity contribution in [2.45, 2.75) is 25.3 Å². The summed E-state index contributed by atoms with van der Waals surface area (Å²) in [7, 11) is 3.13. The summed E-state index contributed by atoms with van der Waals surface area (Å²) in [5, 5.41) is 1.88. The van der Waals surface area contributed by atoms with E-state index >= 15 is 0 Å². The highest BCUT2D eigenvalue weighted by Crippen LogP contribution is 2.35. The number of carbonyl (C=O) groups excluding carboxylic acids is 1. The van der Waals surface area contributed by atoms with Gasteiger partial charge in [0.2, 0.25) is 0 Å². The van der Waals surface area contributed by atoms with Gasteiger partial charge in [-0.25, -0.2) is 4.79 Å². The summed E-state index contributed by atoms with van der Waals surface area (Å²) in [4.78, 5) is 14.9. The maximum Gasteiger partial charge on any atom is 0.348 e. The molecule has 4 rings (SSSR count). The molecule has 1 aliphatic heterocycles. The van der Waals surface area contributed by atoms with Gasteiger partial charge in [0.25, 0.3) is 0 Å². The molecular weight excluding hydrogens is 386 g/mol. The van der Waals surface area contributed by atoms with Crippen LogP contribution < -0.4 is 4.74 Å². The molecule has 0 atom stereocenters. The van der Waals surface area contributed by atoms with Crippen LogP contribution in [0.15, 0.2) is 52.3 Å². The van der Waals surface area contributed by atoms with Gasteiger partial charge in [-0.1, -0.05) is 18.2 Å². The van der Waals surface area contributed by atoms with Crippen LogP contribution in [0.1, 0.15) is 39.8 Å². The molecule has 1 fully saturated rings. The van der Waals surface area contributed by atoms with Crippen LogP contribution in [0.5, 0.6) is 5.75 Å². The number of carbonyl (C=O) groups is 1. The lowest BCUT2D eigenvalue weighted by molar-refractivity contribution is 0.0607. The summed E-state index contributed by atoms with van der Waals surface area (Å²) in [6.45, 7) is 2.81. The van der Waals surface area contributed by atoms with Gasteiger partial charge in [-0.3, -0.25) is 4.90 Å². The zero-order valence-electron chi connectivity index (χ0n) is 16.7. The van der Waals surface area contributed by atoms with Gasteiger partial charge in [0.15, 0.2) is 0 Å². The molecule has 1 aliphatic rings. The number of piperidine rings is 1. The van der Waals surface area contributed by atoms with Gasteiger partial charge in [0.1, 0.15) is 22.1 Å². The van der Waals surface area contributed by atoms with Gasteiger partial charge in [-0.2, -0.15) is 0 Å². The third-order valence-corrected chi connectivity index (χ3v) is 6.40. The Balaban J connectivity index is 1.39. The van der Waals surface area contributed by atoms with Crippen LogP contribution in [0.4, 0.5) is 0 Å². The van der Waals surface area contributed by atoms with Crippen LogP contribution in [-0.2, 0) is 11.3 Å². The fourth-order valence-electron chi connectivity index (χ4n) is 3.99. The fourth-order valence-corrected chi connectivity index (χ4v) is 4.80. The maximum atomic E-state index is 11.9. The largest absolute Gasteiger partial charge is 0.496 e. The van der Waals surface area contributed by atoms with E-state index in [9.17, 15) is 4.79 Å². The van der Waals surface area contributed by atoms with Crippen molar-refractivity contribution in [3.8, 4) is 17.1 Å². The predicted molar refractivity (Wildman–Crippen MR) is 114 cm³/mol. The van der Waals surface area contributed by atoms with Crippen LogP contribution >= 0.6 is 11.3 Å². The zero-order valence-corrected chi connectivity index (χ0v) is 17.5. The molecule has 1 aromatic carbocycles. The van der Waals surface area contributed by atoms with E-state index in [2.05, 4.69) is 17.0 Å². The lowest BCUT2D eigenvalue weighted by Gasteiger charge is -2.32. The van der Waals surface area contributed by atoms with E-state index in [1.807, 2.05) is 35.7 Å². The third kappa shape index (κ3) is 4.23. The second-order valence-corrected chi connectivity index (χ2v) is 8.13. The minimum Gasteiger partial charge on any atom is -0.496 e. The highest BCUT2D eigenvalue weighted by molar-refractivity contribution is 7.12. The molecule has 0 amide bonds. The van der Waals surface area contributed by atoms with Gasteiger partial charge in [-0.15, -0.1) is 11.3 Å². The highest BCUT2D eigenvalue weighted by Gasteiger charge is 2.24. The van der Waals surface area contributed by atoms with Crippen molar-refractivity contribution in [2.75, 3.05) is 27.3 Å². The number of ether oxygens (including phenoxy) is 2. The molecule has 29 heavy (non-hydrogen) atoms. The number of likely N-dealkylation sites (tertiary alicyclic amines) is 1. The smallest absolute Gasteiger partial charge is 0.348 e. The number of benzene rings is 1. The number of hydrogen-bond acceptors (Lipinski definition) is 6. The van der Waals surface area contributed by atoms with Crippen LogP contribution in [0.2, 0.25) is 0 Å². The number of nitrogens with zero attached hydrogens (tertiary/aromatic N) is 1. The van der Waals surface area contributed by atoms with Crippen molar-refractivity contribution in [1.29, 1.82) is 0 Å². The minimum atomic E-state index is -0.327. The van der Waals surface area contributed by atoms with E-state index in [1.54, 1.807) is 7.11 Å². The number of esters is 1. The standard InChI is InChI=1S/C23H25NO4S/c1-26-20-6-4-3-5-18(20)16-9-12-24(13-10-16)15-17-7-8-21(28-17)19-11-14-29-22(19)23(25)27-2/h3-8,11,14,16H,9-10,12-13,15H2,1-2H3. The van der Waals surface area contributed by atoms with Crippen molar-refractivity contribution in [3.63, 3.8) is 0 Å². The van der Waals surface area contributed by atoms with E-state index in [0.717, 1.165) is 49.5 Å². The van der Waals surface area contributed by atoms with Gasteiger partial charge in [0.05, 0.1) is 20.8 Å². The van der Waals surface area contributed by atoms with Gasteiger partial charge in [0, 0.05) is 5.56 Å². The van der Waals surface area contributed by atoms with Crippen LogP contribution in [0, 0.1) is 0 Å². The third-order valence-electron chi connectivity index (χ3n) is 5.51. The molecule has 0 saturated carbocycles. The zero-order chi connectivity index (χ0) is 20.2. The Kier molecular flexibility index (Phi) is 6.02. The maximum absolute atomic E-state index is 11.9. The normalized spacial score (nSPS) is 15.4. The topological polar surface area (TPSA) is 51.9 Å². The summed E-state index contributed by atoms with van der Waals surface area (Å²) >= 11 is 1.37. The van der Waals surface area contributed by atoms with E-state index < -0.39 is 0 Å².